The molecule has 0 unspecified atom stereocenters. The lowest BCUT2D eigenvalue weighted by atomic mass is 9.94. The van der Waals surface area contributed by atoms with Crippen LogP contribution in [-0.4, -0.2) is 0 Å². The summed E-state index contributed by atoms with van der Waals surface area (Å²) in [5.41, 5.74) is 4.12. The first kappa shape index (κ1) is 19.5. The van der Waals surface area contributed by atoms with Gasteiger partial charge >= 0.3 is 6.18 Å². The maximum absolute atomic E-state index is 13.9. The van der Waals surface area contributed by atoms with Gasteiger partial charge in [0.2, 0.25) is 0 Å². The Kier molecular flexibility index (Phi) is 7.28. The molecule has 0 aromatic heterocycles. The van der Waals surface area contributed by atoms with Crippen molar-refractivity contribution in [1.29, 1.82) is 0 Å². The molecule has 0 bridgehead atoms. The molecular formula is C13H17Cl2F4N. The van der Waals surface area contributed by atoms with E-state index in [0.29, 0.717) is 6.42 Å². The number of hydrogen-bond donors (Lipinski definition) is 1. The Labute approximate surface area is 126 Å². The van der Waals surface area contributed by atoms with Crippen LogP contribution in [0.2, 0.25) is 5.02 Å². The minimum atomic E-state index is -4.64. The molecule has 1 aromatic carbocycles. The largest absolute Gasteiger partial charge is 0.416 e. The van der Waals surface area contributed by atoms with Crippen LogP contribution in [0.1, 0.15) is 43.9 Å². The molecule has 0 aliphatic rings. The summed E-state index contributed by atoms with van der Waals surface area (Å²) in [5.74, 6) is -0.796. The van der Waals surface area contributed by atoms with Crippen LogP contribution in [0.5, 0.6) is 0 Å². The molecule has 1 aromatic rings. The number of benzene rings is 1. The van der Waals surface area contributed by atoms with E-state index in [9.17, 15) is 17.6 Å². The van der Waals surface area contributed by atoms with E-state index in [4.69, 9.17) is 17.3 Å². The van der Waals surface area contributed by atoms with E-state index in [0.717, 1.165) is 12.1 Å². The third kappa shape index (κ3) is 4.79. The summed E-state index contributed by atoms with van der Waals surface area (Å²) < 4.78 is 52.4. The number of hydrogen-bond acceptors (Lipinski definition) is 1. The molecule has 116 valence electrons. The first-order chi connectivity index (χ1) is 8.64. The highest BCUT2D eigenvalue weighted by Crippen LogP contribution is 2.38. The molecule has 0 aliphatic carbocycles. The second-order valence-corrected chi connectivity index (χ2v) is 5.31. The fraction of sp³-hybridized carbons (Fsp3) is 0.538. The number of rotatable bonds is 4. The first-order valence-electron chi connectivity index (χ1n) is 5.95. The van der Waals surface area contributed by atoms with Gasteiger partial charge in [0, 0.05) is 11.6 Å². The number of alkyl halides is 3. The monoisotopic (exact) mass is 333 g/mol. The molecule has 0 heterocycles. The highest BCUT2D eigenvalue weighted by molar-refractivity contribution is 6.30. The summed E-state index contributed by atoms with van der Waals surface area (Å²) in [7, 11) is 0. The summed E-state index contributed by atoms with van der Waals surface area (Å²) in [6.07, 6.45) is -3.75. The van der Waals surface area contributed by atoms with Gasteiger partial charge < -0.3 is 5.73 Å². The van der Waals surface area contributed by atoms with Crippen molar-refractivity contribution in [3.05, 3.63) is 34.1 Å². The molecule has 0 spiro atoms. The third-order valence-electron chi connectivity index (χ3n) is 2.86. The summed E-state index contributed by atoms with van der Waals surface area (Å²) >= 11 is 5.54. The van der Waals surface area contributed by atoms with Gasteiger partial charge in [-0.25, -0.2) is 4.39 Å². The molecule has 20 heavy (non-hydrogen) atoms. The summed E-state index contributed by atoms with van der Waals surface area (Å²) in [6.45, 7) is 3.84. The van der Waals surface area contributed by atoms with Gasteiger partial charge in [0.15, 0.2) is 0 Å². The zero-order valence-corrected chi connectivity index (χ0v) is 12.7. The Morgan fingerprint density at radius 3 is 2.20 bits per heavy atom. The van der Waals surface area contributed by atoms with E-state index in [1.165, 1.54) is 0 Å². The minimum absolute atomic E-state index is 0. The molecule has 0 fully saturated rings. The van der Waals surface area contributed by atoms with E-state index in [1.807, 2.05) is 13.8 Å². The highest BCUT2D eigenvalue weighted by Gasteiger charge is 2.36. The number of nitrogens with two attached hydrogens (primary N) is 1. The van der Waals surface area contributed by atoms with Crippen molar-refractivity contribution in [2.75, 3.05) is 0 Å². The second kappa shape index (κ2) is 7.48. The van der Waals surface area contributed by atoms with Crippen LogP contribution in [0, 0.1) is 11.7 Å². The Morgan fingerprint density at radius 2 is 1.75 bits per heavy atom. The van der Waals surface area contributed by atoms with Crippen LogP contribution in [0.15, 0.2) is 12.1 Å². The van der Waals surface area contributed by atoms with Gasteiger partial charge in [-0.1, -0.05) is 25.4 Å². The molecule has 1 atom stereocenters. The van der Waals surface area contributed by atoms with Gasteiger partial charge in [0.1, 0.15) is 5.82 Å². The minimum Gasteiger partial charge on any atom is -0.324 e. The van der Waals surface area contributed by atoms with Gasteiger partial charge in [-0.3, -0.25) is 0 Å². The first-order valence-corrected chi connectivity index (χ1v) is 6.33. The van der Waals surface area contributed by atoms with Gasteiger partial charge in [0.25, 0.3) is 0 Å². The van der Waals surface area contributed by atoms with E-state index in [1.54, 1.807) is 0 Å². The molecule has 0 saturated carbocycles. The van der Waals surface area contributed by atoms with Crippen LogP contribution in [0.4, 0.5) is 17.6 Å². The fourth-order valence-corrected chi connectivity index (χ4v) is 2.00. The highest BCUT2D eigenvalue weighted by atomic mass is 35.5. The summed E-state index contributed by atoms with van der Waals surface area (Å²) in [4.78, 5) is 0. The zero-order chi connectivity index (χ0) is 14.8. The zero-order valence-electron chi connectivity index (χ0n) is 11.1. The van der Waals surface area contributed by atoms with Crippen LogP contribution < -0.4 is 5.73 Å². The van der Waals surface area contributed by atoms with Crippen LogP contribution in [0.3, 0.4) is 0 Å². The number of halogens is 6. The standard InChI is InChI=1S/C13H16ClF4N.ClH/c1-7(2)3-6-10(19)11-8(13(16,17)18)4-5-9(14)12(11)15;/h4-5,7,10H,3,6,19H2,1-2H3;1H/t10-;/m0./s1. The van der Waals surface area contributed by atoms with E-state index in [2.05, 4.69) is 0 Å². The SMILES string of the molecule is CC(C)CC[C@H](N)c1c(C(F)(F)F)ccc(Cl)c1F.Cl. The van der Waals surface area contributed by atoms with E-state index >= 15 is 0 Å². The molecule has 0 radical (unpaired) electrons. The second-order valence-electron chi connectivity index (χ2n) is 4.90. The lowest BCUT2D eigenvalue weighted by Gasteiger charge is -2.20. The quantitative estimate of drug-likeness (QED) is 0.738. The van der Waals surface area contributed by atoms with Crippen molar-refractivity contribution < 1.29 is 17.6 Å². The molecule has 1 nitrogen and oxygen atoms in total. The molecule has 0 aliphatic heterocycles. The van der Waals surface area contributed by atoms with Gasteiger partial charge in [-0.05, 0) is 30.9 Å². The Bertz CT molecular complexity index is 447. The lowest BCUT2D eigenvalue weighted by Crippen LogP contribution is -2.20. The molecule has 2 N–H and O–H groups in total. The predicted octanol–water partition coefficient (Wildman–Crippen LogP) is 5.36. The lowest BCUT2D eigenvalue weighted by molar-refractivity contribution is -0.138. The Balaban J connectivity index is 0.00000361. The van der Waals surface area contributed by atoms with Crippen molar-refractivity contribution in [3.63, 3.8) is 0 Å². The molecular weight excluding hydrogens is 317 g/mol. The predicted molar refractivity (Wildman–Crippen MR) is 74.7 cm³/mol. The molecule has 1 rings (SSSR count). The maximum Gasteiger partial charge on any atom is 0.416 e. The molecule has 0 amide bonds. The Morgan fingerprint density at radius 1 is 1.20 bits per heavy atom. The van der Waals surface area contributed by atoms with E-state index in [-0.39, 0.29) is 29.8 Å². The fourth-order valence-electron chi connectivity index (χ4n) is 1.83. The van der Waals surface area contributed by atoms with Crippen molar-refractivity contribution in [2.24, 2.45) is 11.7 Å². The Hall–Kier alpha value is -0.520. The van der Waals surface area contributed by atoms with Crippen molar-refractivity contribution in [3.8, 4) is 0 Å². The van der Waals surface area contributed by atoms with Crippen LogP contribution >= 0.6 is 24.0 Å². The molecule has 0 saturated heterocycles. The smallest absolute Gasteiger partial charge is 0.324 e. The van der Waals surface area contributed by atoms with Crippen LogP contribution in [-0.2, 0) is 6.18 Å². The average molecular weight is 334 g/mol. The third-order valence-corrected chi connectivity index (χ3v) is 3.16. The van der Waals surface area contributed by atoms with Gasteiger partial charge in [0.05, 0.1) is 10.6 Å². The normalized spacial score (nSPS) is 13.2. The van der Waals surface area contributed by atoms with Gasteiger partial charge in [-0.2, -0.15) is 13.2 Å². The van der Waals surface area contributed by atoms with Crippen molar-refractivity contribution in [1.82, 2.24) is 0 Å². The average Bonchev–Trinajstić information content (AvgIpc) is 2.27. The maximum atomic E-state index is 13.9. The van der Waals surface area contributed by atoms with Crippen molar-refractivity contribution in [2.45, 2.75) is 38.9 Å². The topological polar surface area (TPSA) is 26.0 Å². The van der Waals surface area contributed by atoms with Crippen molar-refractivity contribution >= 4 is 24.0 Å². The summed E-state index contributed by atoms with van der Waals surface area (Å²) in [6, 6.07) is 0.659. The molecule has 7 heteroatoms. The van der Waals surface area contributed by atoms with Gasteiger partial charge in [-0.15, -0.1) is 12.4 Å². The summed E-state index contributed by atoms with van der Waals surface area (Å²) in [5, 5.41) is -0.344. The van der Waals surface area contributed by atoms with Crippen LogP contribution in [0.25, 0.3) is 0 Å². The van der Waals surface area contributed by atoms with E-state index < -0.39 is 29.2 Å².